The number of methoxy groups -OCH3 is 1. The molecule has 1 amide bonds. The molecule has 1 unspecified atom stereocenters. The number of hydrogen-bond acceptors (Lipinski definition) is 5. The fourth-order valence-corrected chi connectivity index (χ4v) is 4.32. The van der Waals surface area contributed by atoms with Crippen LogP contribution in [0.1, 0.15) is 37.4 Å². The Morgan fingerprint density at radius 1 is 1.29 bits per heavy atom. The predicted octanol–water partition coefficient (Wildman–Crippen LogP) is 3.01. The molecule has 1 N–H and O–H groups in total. The first-order chi connectivity index (χ1) is 14.5. The van der Waals surface area contributed by atoms with Crippen LogP contribution in [0.15, 0.2) is 42.5 Å². The molecule has 0 fully saturated rings. The van der Waals surface area contributed by atoms with Gasteiger partial charge in [0.2, 0.25) is 15.9 Å². The van der Waals surface area contributed by atoms with Crippen molar-refractivity contribution in [1.82, 2.24) is 9.62 Å². The third-order valence-corrected chi connectivity index (χ3v) is 6.30. The molecule has 2 aromatic rings. The molecule has 9 heteroatoms. The van der Waals surface area contributed by atoms with E-state index in [1.165, 1.54) is 18.2 Å². The predicted molar refractivity (Wildman–Crippen MR) is 115 cm³/mol. The zero-order valence-corrected chi connectivity index (χ0v) is 18.8. The summed E-state index contributed by atoms with van der Waals surface area (Å²) in [7, 11) is -2.18. The first kappa shape index (κ1) is 23.0. The number of carbonyl (C=O) groups excluding carboxylic acids is 1. The van der Waals surface area contributed by atoms with E-state index in [0.717, 1.165) is 16.1 Å². The number of rotatable bonds is 7. The molecule has 0 saturated heterocycles. The number of amides is 1. The second-order valence-corrected chi connectivity index (χ2v) is 10.2. The van der Waals surface area contributed by atoms with E-state index in [4.69, 9.17) is 9.47 Å². The summed E-state index contributed by atoms with van der Waals surface area (Å²) in [6, 6.07) is 10.9. The van der Waals surface area contributed by atoms with Crippen LogP contribution in [0.5, 0.6) is 11.5 Å². The highest BCUT2D eigenvalue weighted by molar-refractivity contribution is 7.88. The summed E-state index contributed by atoms with van der Waals surface area (Å²) < 4.78 is 50.7. The Balaban J connectivity index is 1.79. The van der Waals surface area contributed by atoms with Crippen LogP contribution in [0.25, 0.3) is 0 Å². The maximum Gasteiger partial charge on any atom is 0.235 e. The van der Waals surface area contributed by atoms with Crippen LogP contribution in [0.3, 0.4) is 0 Å². The molecular formula is C22H27FN2O5S. The molecule has 0 aliphatic carbocycles. The number of fused-ring (bicyclic) bond motifs is 1. The first-order valence-corrected chi connectivity index (χ1v) is 11.7. The number of nitrogens with one attached hydrogen (secondary N) is 1. The van der Waals surface area contributed by atoms with Gasteiger partial charge in [0.1, 0.15) is 22.9 Å². The van der Waals surface area contributed by atoms with Crippen molar-refractivity contribution >= 4 is 15.9 Å². The molecule has 0 bridgehead atoms. The zero-order valence-electron chi connectivity index (χ0n) is 18.0. The molecule has 31 heavy (non-hydrogen) atoms. The summed E-state index contributed by atoms with van der Waals surface area (Å²) in [5, 5.41) is 2.91. The van der Waals surface area contributed by atoms with Crippen molar-refractivity contribution in [3.63, 3.8) is 0 Å². The van der Waals surface area contributed by atoms with E-state index in [9.17, 15) is 17.6 Å². The topological polar surface area (TPSA) is 84.9 Å². The van der Waals surface area contributed by atoms with E-state index >= 15 is 0 Å². The number of benzene rings is 2. The molecule has 1 heterocycles. The minimum absolute atomic E-state index is 0.199. The molecule has 2 aromatic carbocycles. The number of ether oxygens (including phenoxy) is 2. The van der Waals surface area contributed by atoms with E-state index in [0.29, 0.717) is 17.9 Å². The molecule has 3 rings (SSSR count). The highest BCUT2D eigenvalue weighted by Gasteiger charge is 2.35. The molecule has 7 nitrogen and oxygen atoms in total. The van der Waals surface area contributed by atoms with Gasteiger partial charge < -0.3 is 14.8 Å². The molecular weight excluding hydrogens is 423 g/mol. The lowest BCUT2D eigenvalue weighted by atomic mass is 9.89. The SMILES string of the molecule is COc1ccc2c(c1)OC(C)(C)CC2NC(=O)CN(Cc1ccccc1F)S(C)(=O)=O. The molecule has 0 aromatic heterocycles. The van der Waals surface area contributed by atoms with Gasteiger partial charge in [-0.25, -0.2) is 12.8 Å². The number of nitrogens with zero attached hydrogens (tertiary/aromatic N) is 1. The Bertz CT molecular complexity index is 1070. The Kier molecular flexibility index (Phi) is 6.56. The largest absolute Gasteiger partial charge is 0.497 e. The molecule has 0 radical (unpaired) electrons. The van der Waals surface area contributed by atoms with Gasteiger partial charge >= 0.3 is 0 Å². The van der Waals surface area contributed by atoms with Gasteiger partial charge in [0.05, 0.1) is 26.0 Å². The Morgan fingerprint density at radius 2 is 2.00 bits per heavy atom. The van der Waals surface area contributed by atoms with Gasteiger partial charge in [-0.2, -0.15) is 4.31 Å². The van der Waals surface area contributed by atoms with Crippen LogP contribution in [-0.2, 0) is 21.4 Å². The maximum atomic E-state index is 14.0. The average molecular weight is 451 g/mol. The Morgan fingerprint density at radius 3 is 2.65 bits per heavy atom. The third kappa shape index (κ3) is 5.74. The van der Waals surface area contributed by atoms with Crippen molar-refractivity contribution in [3.05, 3.63) is 59.4 Å². The standard InChI is InChI=1S/C22H27FN2O5S/c1-22(2)12-19(17-10-9-16(29-3)11-20(17)30-22)24-21(26)14-25(31(4,27)28)13-15-7-5-6-8-18(15)23/h5-11,19H,12-14H2,1-4H3,(H,24,26). The summed E-state index contributed by atoms with van der Waals surface area (Å²) in [6.45, 7) is 3.17. The average Bonchev–Trinajstić information content (AvgIpc) is 2.66. The highest BCUT2D eigenvalue weighted by Crippen LogP contribution is 2.41. The Hall–Kier alpha value is -2.65. The van der Waals surface area contributed by atoms with Crippen LogP contribution < -0.4 is 14.8 Å². The second kappa shape index (κ2) is 8.84. The molecule has 0 spiro atoms. The van der Waals surface area contributed by atoms with E-state index in [2.05, 4.69) is 5.32 Å². The molecule has 1 aliphatic rings. The fourth-order valence-electron chi connectivity index (χ4n) is 3.59. The fraction of sp³-hybridized carbons (Fsp3) is 0.409. The number of halogens is 1. The van der Waals surface area contributed by atoms with Crippen molar-refractivity contribution < 1.29 is 27.1 Å². The van der Waals surface area contributed by atoms with Gasteiger partial charge in [-0.15, -0.1) is 0 Å². The van der Waals surface area contributed by atoms with Crippen LogP contribution >= 0.6 is 0 Å². The van der Waals surface area contributed by atoms with Gasteiger partial charge in [0.25, 0.3) is 0 Å². The van der Waals surface area contributed by atoms with Crippen LogP contribution in [-0.4, -0.2) is 44.1 Å². The van der Waals surface area contributed by atoms with Gasteiger partial charge in [-0.3, -0.25) is 4.79 Å². The number of sulfonamides is 1. The number of hydrogen-bond donors (Lipinski definition) is 1. The maximum absolute atomic E-state index is 14.0. The molecule has 168 valence electrons. The van der Waals surface area contributed by atoms with Gasteiger partial charge in [-0.1, -0.05) is 18.2 Å². The lowest BCUT2D eigenvalue weighted by molar-refractivity contribution is -0.122. The van der Waals surface area contributed by atoms with Gasteiger partial charge in [0.15, 0.2) is 0 Å². The van der Waals surface area contributed by atoms with Crippen molar-refractivity contribution in [3.8, 4) is 11.5 Å². The summed E-state index contributed by atoms with van der Waals surface area (Å²) >= 11 is 0. The van der Waals surface area contributed by atoms with E-state index < -0.39 is 33.9 Å². The summed E-state index contributed by atoms with van der Waals surface area (Å²) in [5.74, 6) is 0.235. The van der Waals surface area contributed by atoms with Gasteiger partial charge in [0, 0.05) is 30.2 Å². The zero-order chi connectivity index (χ0) is 22.8. The first-order valence-electron chi connectivity index (χ1n) is 9.83. The highest BCUT2D eigenvalue weighted by atomic mass is 32.2. The summed E-state index contributed by atoms with van der Waals surface area (Å²) in [5.41, 5.74) is 0.444. The molecule has 1 atom stereocenters. The lowest BCUT2D eigenvalue weighted by Crippen LogP contribution is -2.45. The number of carbonyl (C=O) groups is 1. The van der Waals surface area contributed by atoms with Crippen LogP contribution in [0.2, 0.25) is 0 Å². The second-order valence-electron chi connectivity index (χ2n) is 8.21. The quantitative estimate of drug-likeness (QED) is 0.701. The van der Waals surface area contributed by atoms with E-state index in [1.54, 1.807) is 25.3 Å². The summed E-state index contributed by atoms with van der Waals surface area (Å²) in [4.78, 5) is 12.8. The third-order valence-electron chi connectivity index (χ3n) is 5.11. The van der Waals surface area contributed by atoms with Gasteiger partial charge in [-0.05, 0) is 32.0 Å². The minimum Gasteiger partial charge on any atom is -0.497 e. The van der Waals surface area contributed by atoms with E-state index in [-0.39, 0.29) is 18.2 Å². The van der Waals surface area contributed by atoms with Crippen molar-refractivity contribution in [2.24, 2.45) is 0 Å². The van der Waals surface area contributed by atoms with Crippen molar-refractivity contribution in [1.29, 1.82) is 0 Å². The van der Waals surface area contributed by atoms with Crippen molar-refractivity contribution in [2.75, 3.05) is 19.9 Å². The van der Waals surface area contributed by atoms with Crippen molar-refractivity contribution in [2.45, 2.75) is 38.5 Å². The molecule has 0 saturated carbocycles. The van der Waals surface area contributed by atoms with Crippen LogP contribution in [0, 0.1) is 5.82 Å². The lowest BCUT2D eigenvalue weighted by Gasteiger charge is -2.38. The summed E-state index contributed by atoms with van der Waals surface area (Å²) in [6.07, 6.45) is 1.50. The minimum atomic E-state index is -3.74. The Labute approximate surface area is 182 Å². The normalized spacial score (nSPS) is 17.5. The van der Waals surface area contributed by atoms with Crippen LogP contribution in [0.4, 0.5) is 4.39 Å². The smallest absolute Gasteiger partial charge is 0.235 e. The monoisotopic (exact) mass is 450 g/mol. The van der Waals surface area contributed by atoms with E-state index in [1.807, 2.05) is 19.9 Å². The molecule has 1 aliphatic heterocycles.